The number of carboxylic acids is 1. The summed E-state index contributed by atoms with van der Waals surface area (Å²) in [5.41, 5.74) is 1.50. The number of carbonyl (C=O) groups is 1. The molecule has 0 aliphatic heterocycles. The van der Waals surface area contributed by atoms with Gasteiger partial charge in [0.05, 0.1) is 12.8 Å². The molecule has 0 aliphatic carbocycles. The summed E-state index contributed by atoms with van der Waals surface area (Å²) in [4.78, 5) is 11.3. The highest BCUT2D eigenvalue weighted by molar-refractivity contribution is 9.10. The van der Waals surface area contributed by atoms with E-state index in [1.165, 1.54) is 12.5 Å². The Morgan fingerprint density at radius 3 is 2.67 bits per heavy atom. The van der Waals surface area contributed by atoms with E-state index in [-0.39, 0.29) is 5.56 Å². The minimum Gasteiger partial charge on any atom is -0.478 e. The van der Waals surface area contributed by atoms with Gasteiger partial charge in [-0.1, -0.05) is 28.1 Å². The number of aromatic carboxylic acids is 1. The van der Waals surface area contributed by atoms with Gasteiger partial charge >= 0.3 is 5.97 Å². The van der Waals surface area contributed by atoms with E-state index in [0.717, 1.165) is 10.0 Å². The van der Waals surface area contributed by atoms with E-state index in [1.54, 1.807) is 16.8 Å². The number of aromatic nitrogens is 2. The Morgan fingerprint density at radius 2 is 2.05 bits per heavy atom. The van der Waals surface area contributed by atoms with Gasteiger partial charge < -0.3 is 9.52 Å². The van der Waals surface area contributed by atoms with Crippen LogP contribution in [0.15, 0.2) is 57.7 Å². The minimum atomic E-state index is -1.02. The molecule has 2 heterocycles. The molecule has 1 aromatic carbocycles. The van der Waals surface area contributed by atoms with Gasteiger partial charge in [0, 0.05) is 10.7 Å². The summed E-state index contributed by atoms with van der Waals surface area (Å²) in [6.07, 6.45) is 3.01. The van der Waals surface area contributed by atoms with Crippen LogP contribution in [0.5, 0.6) is 0 Å². The summed E-state index contributed by atoms with van der Waals surface area (Å²) in [6.45, 7) is 0.494. The molecule has 0 saturated carbocycles. The van der Waals surface area contributed by atoms with Crippen LogP contribution >= 0.6 is 15.9 Å². The first-order chi connectivity index (χ1) is 10.1. The van der Waals surface area contributed by atoms with Crippen molar-refractivity contribution in [3.8, 4) is 11.5 Å². The normalized spacial score (nSPS) is 10.7. The molecule has 3 aromatic rings. The largest absolute Gasteiger partial charge is 0.478 e. The highest BCUT2D eigenvalue weighted by atomic mass is 79.9. The SMILES string of the molecule is O=C(O)c1cn(Cc2ccc(Br)cc2)nc1-c1ccco1. The van der Waals surface area contributed by atoms with Crippen molar-refractivity contribution in [1.82, 2.24) is 9.78 Å². The van der Waals surface area contributed by atoms with Crippen LogP contribution in [0.4, 0.5) is 0 Å². The van der Waals surface area contributed by atoms with Crippen LogP contribution in [0.2, 0.25) is 0 Å². The fraction of sp³-hybridized carbons (Fsp3) is 0.0667. The van der Waals surface area contributed by atoms with E-state index in [9.17, 15) is 9.90 Å². The quantitative estimate of drug-likeness (QED) is 0.782. The van der Waals surface area contributed by atoms with Crippen molar-refractivity contribution in [2.75, 3.05) is 0 Å². The maximum atomic E-state index is 11.3. The Kier molecular flexibility index (Phi) is 3.62. The Labute approximate surface area is 129 Å². The molecular formula is C15H11BrN2O3. The van der Waals surface area contributed by atoms with E-state index in [1.807, 2.05) is 24.3 Å². The Balaban J connectivity index is 1.95. The van der Waals surface area contributed by atoms with Gasteiger partial charge in [-0.25, -0.2) is 4.79 Å². The van der Waals surface area contributed by atoms with Gasteiger partial charge in [0.25, 0.3) is 0 Å². The molecule has 6 heteroatoms. The predicted molar refractivity (Wildman–Crippen MR) is 80.1 cm³/mol. The molecule has 0 spiro atoms. The zero-order valence-electron chi connectivity index (χ0n) is 10.9. The summed E-state index contributed by atoms with van der Waals surface area (Å²) in [7, 11) is 0. The molecule has 0 radical (unpaired) electrons. The molecule has 0 bridgehead atoms. The molecule has 0 atom stereocenters. The van der Waals surface area contributed by atoms with Crippen LogP contribution in [0.1, 0.15) is 15.9 Å². The molecular weight excluding hydrogens is 336 g/mol. The van der Waals surface area contributed by atoms with E-state index in [4.69, 9.17) is 4.42 Å². The Bertz CT molecular complexity index is 761. The van der Waals surface area contributed by atoms with Gasteiger partial charge in [-0.2, -0.15) is 5.10 Å². The van der Waals surface area contributed by atoms with Crippen LogP contribution < -0.4 is 0 Å². The molecule has 3 rings (SSSR count). The summed E-state index contributed by atoms with van der Waals surface area (Å²) in [6, 6.07) is 11.2. The zero-order chi connectivity index (χ0) is 14.8. The van der Waals surface area contributed by atoms with Crippen molar-refractivity contribution in [2.24, 2.45) is 0 Å². The highest BCUT2D eigenvalue weighted by Gasteiger charge is 2.19. The topological polar surface area (TPSA) is 68.3 Å². The first-order valence-corrected chi connectivity index (χ1v) is 7.02. The summed E-state index contributed by atoms with van der Waals surface area (Å²) in [5, 5.41) is 13.6. The van der Waals surface area contributed by atoms with Crippen molar-refractivity contribution in [3.63, 3.8) is 0 Å². The highest BCUT2D eigenvalue weighted by Crippen LogP contribution is 2.23. The number of rotatable bonds is 4. The zero-order valence-corrected chi connectivity index (χ0v) is 12.4. The Hall–Kier alpha value is -2.34. The monoisotopic (exact) mass is 346 g/mol. The van der Waals surface area contributed by atoms with Gasteiger partial charge in [0.2, 0.25) is 0 Å². The van der Waals surface area contributed by atoms with Crippen LogP contribution in [-0.2, 0) is 6.54 Å². The van der Waals surface area contributed by atoms with Gasteiger partial charge in [0.1, 0.15) is 11.3 Å². The molecule has 0 aliphatic rings. The van der Waals surface area contributed by atoms with Crippen molar-refractivity contribution < 1.29 is 14.3 Å². The molecule has 5 nitrogen and oxygen atoms in total. The molecule has 0 amide bonds. The molecule has 1 N–H and O–H groups in total. The summed E-state index contributed by atoms with van der Waals surface area (Å²) >= 11 is 3.38. The van der Waals surface area contributed by atoms with Crippen LogP contribution in [0, 0.1) is 0 Å². The van der Waals surface area contributed by atoms with E-state index >= 15 is 0 Å². The number of benzene rings is 1. The van der Waals surface area contributed by atoms with Gasteiger partial charge in [-0.3, -0.25) is 4.68 Å². The van der Waals surface area contributed by atoms with E-state index < -0.39 is 5.97 Å². The molecule has 0 unspecified atom stereocenters. The molecule has 0 saturated heterocycles. The van der Waals surface area contributed by atoms with E-state index in [0.29, 0.717) is 18.0 Å². The molecule has 0 fully saturated rings. The van der Waals surface area contributed by atoms with Gasteiger partial charge in [-0.05, 0) is 29.8 Å². The lowest BCUT2D eigenvalue weighted by molar-refractivity contribution is 0.0697. The number of nitrogens with zero attached hydrogens (tertiary/aromatic N) is 2. The standard InChI is InChI=1S/C15H11BrN2O3/c16-11-5-3-10(4-6-11)8-18-9-12(15(19)20)14(17-18)13-2-1-7-21-13/h1-7,9H,8H2,(H,19,20). The average Bonchev–Trinajstić information content (AvgIpc) is 3.10. The number of halogens is 1. The third kappa shape index (κ3) is 2.90. The van der Waals surface area contributed by atoms with Crippen molar-refractivity contribution >= 4 is 21.9 Å². The molecule has 2 aromatic heterocycles. The third-order valence-electron chi connectivity index (χ3n) is 3.00. The Morgan fingerprint density at radius 1 is 1.29 bits per heavy atom. The van der Waals surface area contributed by atoms with Crippen LogP contribution in [0.25, 0.3) is 11.5 Å². The molecule has 106 valence electrons. The first-order valence-electron chi connectivity index (χ1n) is 6.22. The van der Waals surface area contributed by atoms with E-state index in [2.05, 4.69) is 21.0 Å². The van der Waals surface area contributed by atoms with Crippen LogP contribution in [-0.4, -0.2) is 20.9 Å². The maximum absolute atomic E-state index is 11.3. The predicted octanol–water partition coefficient (Wildman–Crippen LogP) is 3.65. The van der Waals surface area contributed by atoms with Gasteiger partial charge in [-0.15, -0.1) is 0 Å². The van der Waals surface area contributed by atoms with Crippen LogP contribution in [0.3, 0.4) is 0 Å². The lowest BCUT2D eigenvalue weighted by Gasteiger charge is -2.01. The lowest BCUT2D eigenvalue weighted by atomic mass is 10.2. The maximum Gasteiger partial charge on any atom is 0.339 e. The third-order valence-corrected chi connectivity index (χ3v) is 3.53. The molecule has 21 heavy (non-hydrogen) atoms. The van der Waals surface area contributed by atoms with Crippen molar-refractivity contribution in [3.05, 3.63) is 64.5 Å². The summed E-state index contributed by atoms with van der Waals surface area (Å²) in [5.74, 6) is -0.578. The smallest absolute Gasteiger partial charge is 0.339 e. The first kappa shape index (κ1) is 13.6. The number of hydrogen-bond acceptors (Lipinski definition) is 3. The summed E-state index contributed by atoms with van der Waals surface area (Å²) < 4.78 is 7.84. The second-order valence-electron chi connectivity index (χ2n) is 4.50. The second-order valence-corrected chi connectivity index (χ2v) is 5.41. The number of hydrogen-bond donors (Lipinski definition) is 1. The number of furan rings is 1. The van der Waals surface area contributed by atoms with Gasteiger partial charge in [0.15, 0.2) is 5.76 Å². The minimum absolute atomic E-state index is 0.127. The lowest BCUT2D eigenvalue weighted by Crippen LogP contribution is -2.00. The second kappa shape index (κ2) is 5.57. The van der Waals surface area contributed by atoms with Crippen molar-refractivity contribution in [1.29, 1.82) is 0 Å². The number of carboxylic acid groups (broad SMARTS) is 1. The van der Waals surface area contributed by atoms with Crippen molar-refractivity contribution in [2.45, 2.75) is 6.54 Å². The fourth-order valence-corrected chi connectivity index (χ4v) is 2.30. The average molecular weight is 347 g/mol. The fourth-order valence-electron chi connectivity index (χ4n) is 2.03.